The normalized spacial score (nSPS) is 10.9. The van der Waals surface area contributed by atoms with Crippen LogP contribution in [0.15, 0.2) is 18.2 Å². The Bertz CT molecular complexity index is 354. The molecule has 1 aromatic rings. The first-order valence-electron chi connectivity index (χ1n) is 6.47. The highest BCUT2D eigenvalue weighted by atomic mass is 19.1. The van der Waals surface area contributed by atoms with Crippen LogP contribution in [0, 0.1) is 5.82 Å². The van der Waals surface area contributed by atoms with Crippen molar-refractivity contribution in [3.05, 3.63) is 29.6 Å². The SMILES string of the molecule is CCN(CC)CCNCc1c(F)cccc1OC. The van der Waals surface area contributed by atoms with Gasteiger partial charge in [-0.05, 0) is 25.2 Å². The Morgan fingerprint density at radius 3 is 2.61 bits per heavy atom. The second-order valence-electron chi connectivity index (χ2n) is 4.12. The number of halogens is 1. The summed E-state index contributed by atoms with van der Waals surface area (Å²) in [5, 5.41) is 3.25. The molecule has 0 amide bonds. The molecule has 0 aliphatic rings. The van der Waals surface area contributed by atoms with E-state index in [0.29, 0.717) is 17.9 Å². The van der Waals surface area contributed by atoms with Crippen LogP contribution in [0.25, 0.3) is 0 Å². The quantitative estimate of drug-likeness (QED) is 0.720. The minimum Gasteiger partial charge on any atom is -0.496 e. The van der Waals surface area contributed by atoms with E-state index in [0.717, 1.165) is 26.2 Å². The van der Waals surface area contributed by atoms with Gasteiger partial charge in [-0.25, -0.2) is 4.39 Å². The molecular formula is C14H23FN2O. The van der Waals surface area contributed by atoms with Crippen molar-refractivity contribution in [3.63, 3.8) is 0 Å². The number of hydrogen-bond donors (Lipinski definition) is 1. The lowest BCUT2D eigenvalue weighted by atomic mass is 10.2. The van der Waals surface area contributed by atoms with Gasteiger partial charge < -0.3 is 15.0 Å². The molecule has 0 heterocycles. The lowest BCUT2D eigenvalue weighted by Gasteiger charge is -2.18. The minimum atomic E-state index is -0.218. The molecule has 0 aliphatic heterocycles. The predicted octanol–water partition coefficient (Wildman–Crippen LogP) is 2.27. The number of hydrogen-bond acceptors (Lipinski definition) is 3. The van der Waals surface area contributed by atoms with Crippen molar-refractivity contribution in [2.24, 2.45) is 0 Å². The van der Waals surface area contributed by atoms with Gasteiger partial charge in [0.1, 0.15) is 11.6 Å². The van der Waals surface area contributed by atoms with E-state index in [1.807, 2.05) is 0 Å². The third-order valence-corrected chi connectivity index (χ3v) is 3.10. The Morgan fingerprint density at radius 2 is 2.00 bits per heavy atom. The maximum atomic E-state index is 13.6. The maximum absolute atomic E-state index is 13.6. The van der Waals surface area contributed by atoms with E-state index < -0.39 is 0 Å². The van der Waals surface area contributed by atoms with Crippen LogP contribution >= 0.6 is 0 Å². The van der Waals surface area contributed by atoms with Crippen molar-refractivity contribution < 1.29 is 9.13 Å². The zero-order valence-electron chi connectivity index (χ0n) is 11.5. The summed E-state index contributed by atoms with van der Waals surface area (Å²) < 4.78 is 18.8. The molecule has 0 spiro atoms. The van der Waals surface area contributed by atoms with Crippen LogP contribution in [0.1, 0.15) is 19.4 Å². The molecule has 0 saturated carbocycles. The van der Waals surface area contributed by atoms with Crippen LogP contribution in [0.5, 0.6) is 5.75 Å². The molecule has 1 N–H and O–H groups in total. The fourth-order valence-electron chi connectivity index (χ4n) is 1.89. The van der Waals surface area contributed by atoms with Crippen molar-refractivity contribution in [2.75, 3.05) is 33.3 Å². The van der Waals surface area contributed by atoms with Gasteiger partial charge in [0, 0.05) is 25.2 Å². The summed E-state index contributed by atoms with van der Waals surface area (Å²) in [5.74, 6) is 0.384. The van der Waals surface area contributed by atoms with E-state index >= 15 is 0 Å². The van der Waals surface area contributed by atoms with Crippen LogP contribution < -0.4 is 10.1 Å². The zero-order chi connectivity index (χ0) is 13.4. The molecular weight excluding hydrogens is 231 g/mol. The molecule has 1 rings (SSSR count). The third-order valence-electron chi connectivity index (χ3n) is 3.10. The fraction of sp³-hybridized carbons (Fsp3) is 0.571. The Morgan fingerprint density at radius 1 is 1.28 bits per heavy atom. The molecule has 0 aliphatic carbocycles. The van der Waals surface area contributed by atoms with E-state index in [2.05, 4.69) is 24.1 Å². The minimum absolute atomic E-state index is 0.218. The van der Waals surface area contributed by atoms with Crippen LogP contribution in [0.2, 0.25) is 0 Å². The van der Waals surface area contributed by atoms with Gasteiger partial charge in [-0.1, -0.05) is 19.9 Å². The van der Waals surface area contributed by atoms with Crippen molar-refractivity contribution >= 4 is 0 Å². The molecule has 1 aromatic carbocycles. The second-order valence-corrected chi connectivity index (χ2v) is 4.12. The average molecular weight is 254 g/mol. The molecule has 0 fully saturated rings. The lowest BCUT2D eigenvalue weighted by Crippen LogP contribution is -2.31. The molecule has 18 heavy (non-hydrogen) atoms. The first kappa shape index (κ1) is 14.9. The highest BCUT2D eigenvalue weighted by molar-refractivity contribution is 5.34. The summed E-state index contributed by atoms with van der Waals surface area (Å²) in [6, 6.07) is 4.90. The Hall–Kier alpha value is -1.13. The third kappa shape index (κ3) is 4.27. The first-order valence-corrected chi connectivity index (χ1v) is 6.47. The largest absolute Gasteiger partial charge is 0.496 e. The summed E-state index contributed by atoms with van der Waals surface area (Å²) in [6.45, 7) is 8.69. The Labute approximate surface area is 109 Å². The summed E-state index contributed by atoms with van der Waals surface area (Å²) in [5.41, 5.74) is 0.597. The highest BCUT2D eigenvalue weighted by Crippen LogP contribution is 2.20. The second kappa shape index (κ2) is 8.06. The molecule has 3 nitrogen and oxygen atoms in total. The monoisotopic (exact) mass is 254 g/mol. The highest BCUT2D eigenvalue weighted by Gasteiger charge is 2.08. The fourth-order valence-corrected chi connectivity index (χ4v) is 1.89. The van der Waals surface area contributed by atoms with E-state index in [9.17, 15) is 4.39 Å². The summed E-state index contributed by atoms with van der Waals surface area (Å²) in [4.78, 5) is 2.32. The summed E-state index contributed by atoms with van der Waals surface area (Å²) >= 11 is 0. The zero-order valence-corrected chi connectivity index (χ0v) is 11.5. The number of nitrogens with zero attached hydrogens (tertiary/aromatic N) is 1. The Balaban J connectivity index is 2.44. The van der Waals surface area contributed by atoms with Crippen molar-refractivity contribution in [1.29, 1.82) is 0 Å². The number of ether oxygens (including phenoxy) is 1. The predicted molar refractivity (Wildman–Crippen MR) is 72.4 cm³/mol. The molecule has 4 heteroatoms. The number of methoxy groups -OCH3 is 1. The van der Waals surface area contributed by atoms with Gasteiger partial charge in [0.15, 0.2) is 0 Å². The molecule has 0 saturated heterocycles. The van der Waals surface area contributed by atoms with E-state index in [1.54, 1.807) is 19.2 Å². The number of likely N-dealkylation sites (N-methyl/N-ethyl adjacent to an activating group) is 1. The van der Waals surface area contributed by atoms with Crippen LogP contribution in [0.3, 0.4) is 0 Å². The smallest absolute Gasteiger partial charge is 0.131 e. The first-order chi connectivity index (χ1) is 8.72. The van der Waals surface area contributed by atoms with Gasteiger partial charge in [-0.2, -0.15) is 0 Å². The van der Waals surface area contributed by atoms with Crippen molar-refractivity contribution in [3.8, 4) is 5.75 Å². The van der Waals surface area contributed by atoms with Gasteiger partial charge in [0.2, 0.25) is 0 Å². The number of rotatable bonds is 8. The van der Waals surface area contributed by atoms with E-state index in [4.69, 9.17) is 4.74 Å². The number of benzene rings is 1. The molecule has 0 atom stereocenters. The molecule has 0 aromatic heterocycles. The average Bonchev–Trinajstić information content (AvgIpc) is 2.40. The molecule has 0 bridgehead atoms. The summed E-state index contributed by atoms with van der Waals surface area (Å²) in [7, 11) is 1.56. The van der Waals surface area contributed by atoms with Gasteiger partial charge in [-0.15, -0.1) is 0 Å². The maximum Gasteiger partial charge on any atom is 0.131 e. The molecule has 102 valence electrons. The van der Waals surface area contributed by atoms with Crippen molar-refractivity contribution in [1.82, 2.24) is 10.2 Å². The van der Waals surface area contributed by atoms with Gasteiger partial charge in [0.25, 0.3) is 0 Å². The van der Waals surface area contributed by atoms with Crippen molar-refractivity contribution in [2.45, 2.75) is 20.4 Å². The summed E-state index contributed by atoms with van der Waals surface area (Å²) in [6.07, 6.45) is 0. The standard InChI is InChI=1S/C14H23FN2O/c1-4-17(5-2)10-9-16-11-12-13(15)7-6-8-14(12)18-3/h6-8,16H,4-5,9-11H2,1-3H3. The van der Waals surface area contributed by atoms with Gasteiger partial charge in [0.05, 0.1) is 7.11 Å². The van der Waals surface area contributed by atoms with E-state index in [-0.39, 0.29) is 5.82 Å². The number of nitrogens with one attached hydrogen (secondary N) is 1. The Kier molecular flexibility index (Phi) is 6.68. The van der Waals surface area contributed by atoms with E-state index in [1.165, 1.54) is 6.07 Å². The van der Waals surface area contributed by atoms with Crippen LogP contribution in [-0.2, 0) is 6.54 Å². The molecule has 0 unspecified atom stereocenters. The molecule has 0 radical (unpaired) electrons. The van der Waals surface area contributed by atoms with Crippen LogP contribution in [0.4, 0.5) is 4.39 Å². The van der Waals surface area contributed by atoms with Gasteiger partial charge in [-0.3, -0.25) is 0 Å². The van der Waals surface area contributed by atoms with Crippen LogP contribution in [-0.4, -0.2) is 38.2 Å². The topological polar surface area (TPSA) is 24.5 Å². The van der Waals surface area contributed by atoms with Gasteiger partial charge >= 0.3 is 0 Å². The lowest BCUT2D eigenvalue weighted by molar-refractivity contribution is 0.301.